The number of aromatic nitrogens is 2. The number of carbonyl (C=O) groups is 1. The fourth-order valence-corrected chi connectivity index (χ4v) is 3.17. The minimum atomic E-state index is -0.872. The van der Waals surface area contributed by atoms with E-state index in [1.807, 2.05) is 42.5 Å². The van der Waals surface area contributed by atoms with Gasteiger partial charge in [-0.2, -0.15) is 5.10 Å². The SMILES string of the molecule is O=C(O)Cc1cc(Sc2ccc(Cl)cc2)c2cccnn12. The molecular formula is C15H11ClN2O2S. The van der Waals surface area contributed by atoms with Crippen molar-refractivity contribution in [3.05, 3.63) is 59.4 Å². The van der Waals surface area contributed by atoms with Gasteiger partial charge in [-0.05, 0) is 42.5 Å². The molecule has 0 aliphatic heterocycles. The van der Waals surface area contributed by atoms with Gasteiger partial charge in [0.25, 0.3) is 0 Å². The monoisotopic (exact) mass is 318 g/mol. The Bertz CT molecular complexity index is 799. The van der Waals surface area contributed by atoms with Crippen molar-refractivity contribution in [2.45, 2.75) is 16.2 Å². The van der Waals surface area contributed by atoms with Gasteiger partial charge in [-0.15, -0.1) is 0 Å². The fourth-order valence-electron chi connectivity index (χ4n) is 2.07. The van der Waals surface area contributed by atoms with Crippen LogP contribution in [0.15, 0.2) is 58.5 Å². The van der Waals surface area contributed by atoms with Crippen LogP contribution in [0, 0.1) is 0 Å². The molecule has 6 heteroatoms. The summed E-state index contributed by atoms with van der Waals surface area (Å²) in [4.78, 5) is 13.0. The molecule has 0 saturated carbocycles. The van der Waals surface area contributed by atoms with Crippen molar-refractivity contribution in [2.24, 2.45) is 0 Å². The number of halogens is 1. The topological polar surface area (TPSA) is 54.6 Å². The van der Waals surface area contributed by atoms with E-state index in [-0.39, 0.29) is 6.42 Å². The van der Waals surface area contributed by atoms with Crippen molar-refractivity contribution in [3.63, 3.8) is 0 Å². The maximum Gasteiger partial charge on any atom is 0.309 e. The van der Waals surface area contributed by atoms with E-state index >= 15 is 0 Å². The van der Waals surface area contributed by atoms with Crippen LogP contribution in [0.3, 0.4) is 0 Å². The Kier molecular flexibility index (Phi) is 3.86. The molecule has 3 rings (SSSR count). The number of fused-ring (bicyclic) bond motifs is 1. The molecule has 0 aliphatic carbocycles. The Morgan fingerprint density at radius 2 is 2.05 bits per heavy atom. The lowest BCUT2D eigenvalue weighted by molar-refractivity contribution is -0.136. The minimum absolute atomic E-state index is 0.0562. The molecule has 0 bridgehead atoms. The van der Waals surface area contributed by atoms with Gasteiger partial charge in [0.05, 0.1) is 17.6 Å². The van der Waals surface area contributed by atoms with Crippen LogP contribution in [-0.2, 0) is 11.2 Å². The standard InChI is InChI=1S/C15H11ClN2O2S/c16-10-3-5-12(6-4-10)21-14-8-11(9-15(19)20)18-13(14)2-1-7-17-18/h1-8H,9H2,(H,19,20). The van der Waals surface area contributed by atoms with Crippen LogP contribution in [0.1, 0.15) is 5.69 Å². The Hall–Kier alpha value is -1.98. The molecule has 3 aromatic rings. The molecule has 0 saturated heterocycles. The molecule has 2 heterocycles. The van der Waals surface area contributed by atoms with Crippen LogP contribution in [0.2, 0.25) is 5.02 Å². The van der Waals surface area contributed by atoms with Crippen molar-refractivity contribution < 1.29 is 9.90 Å². The van der Waals surface area contributed by atoms with Crippen LogP contribution in [0.5, 0.6) is 0 Å². The highest BCUT2D eigenvalue weighted by Gasteiger charge is 2.13. The second kappa shape index (κ2) is 5.79. The number of nitrogens with zero attached hydrogens (tertiary/aromatic N) is 2. The van der Waals surface area contributed by atoms with Gasteiger partial charge in [-0.25, -0.2) is 4.52 Å². The predicted molar refractivity (Wildman–Crippen MR) is 82.1 cm³/mol. The normalized spacial score (nSPS) is 10.9. The van der Waals surface area contributed by atoms with Gasteiger partial charge in [0, 0.05) is 21.0 Å². The number of hydrogen-bond donors (Lipinski definition) is 1. The molecule has 4 nitrogen and oxygen atoms in total. The zero-order valence-electron chi connectivity index (χ0n) is 10.9. The first-order chi connectivity index (χ1) is 10.1. The molecule has 2 aromatic heterocycles. The summed E-state index contributed by atoms with van der Waals surface area (Å²) in [5.74, 6) is -0.872. The Balaban J connectivity index is 2.01. The van der Waals surface area contributed by atoms with Gasteiger partial charge in [0.15, 0.2) is 0 Å². The molecule has 0 radical (unpaired) electrons. The Morgan fingerprint density at radius 1 is 1.29 bits per heavy atom. The van der Waals surface area contributed by atoms with Gasteiger partial charge in [0.2, 0.25) is 0 Å². The van der Waals surface area contributed by atoms with Crippen molar-refractivity contribution in [1.82, 2.24) is 9.61 Å². The number of rotatable bonds is 4. The van der Waals surface area contributed by atoms with E-state index in [0.29, 0.717) is 10.7 Å². The van der Waals surface area contributed by atoms with Crippen molar-refractivity contribution >= 4 is 34.8 Å². The van der Waals surface area contributed by atoms with Crippen molar-refractivity contribution in [3.8, 4) is 0 Å². The predicted octanol–water partition coefficient (Wildman–Crippen LogP) is 3.77. The molecule has 0 aliphatic rings. The summed E-state index contributed by atoms with van der Waals surface area (Å²) in [5.41, 5.74) is 1.56. The Morgan fingerprint density at radius 3 is 2.76 bits per heavy atom. The molecule has 0 fully saturated rings. The summed E-state index contributed by atoms with van der Waals surface area (Å²) < 4.78 is 1.67. The molecule has 0 unspecified atom stereocenters. The fraction of sp³-hybridized carbons (Fsp3) is 0.0667. The first kappa shape index (κ1) is 14.0. The molecule has 0 spiro atoms. The van der Waals surface area contributed by atoms with E-state index in [9.17, 15) is 4.79 Å². The summed E-state index contributed by atoms with van der Waals surface area (Å²) in [5, 5.41) is 13.9. The molecule has 0 atom stereocenters. The number of carboxylic acids is 1. The number of benzene rings is 1. The maximum absolute atomic E-state index is 11.0. The van der Waals surface area contributed by atoms with E-state index < -0.39 is 5.97 Å². The van der Waals surface area contributed by atoms with Crippen LogP contribution in [-0.4, -0.2) is 20.7 Å². The average Bonchev–Trinajstić information content (AvgIpc) is 2.79. The summed E-state index contributed by atoms with van der Waals surface area (Å²) in [6.07, 6.45) is 1.59. The zero-order chi connectivity index (χ0) is 14.8. The number of hydrogen-bond acceptors (Lipinski definition) is 3. The molecule has 21 heavy (non-hydrogen) atoms. The van der Waals surface area contributed by atoms with Gasteiger partial charge < -0.3 is 5.11 Å². The highest BCUT2D eigenvalue weighted by Crippen LogP contribution is 2.33. The number of aliphatic carboxylic acids is 1. The Labute approximate surface area is 130 Å². The average molecular weight is 319 g/mol. The summed E-state index contributed by atoms with van der Waals surface area (Å²) >= 11 is 7.44. The van der Waals surface area contributed by atoms with Gasteiger partial charge in [0.1, 0.15) is 0 Å². The van der Waals surface area contributed by atoms with Crippen LogP contribution >= 0.6 is 23.4 Å². The third-order valence-electron chi connectivity index (χ3n) is 2.95. The van der Waals surface area contributed by atoms with Crippen molar-refractivity contribution in [1.29, 1.82) is 0 Å². The van der Waals surface area contributed by atoms with Crippen LogP contribution in [0.25, 0.3) is 5.52 Å². The second-order valence-corrected chi connectivity index (χ2v) is 6.00. The molecule has 1 N–H and O–H groups in total. The first-order valence-corrected chi connectivity index (χ1v) is 7.44. The molecule has 0 amide bonds. The van der Waals surface area contributed by atoms with Crippen LogP contribution in [0.4, 0.5) is 0 Å². The van der Waals surface area contributed by atoms with E-state index in [1.54, 1.807) is 22.5 Å². The lowest BCUT2D eigenvalue weighted by atomic mass is 10.3. The van der Waals surface area contributed by atoms with E-state index in [4.69, 9.17) is 16.7 Å². The van der Waals surface area contributed by atoms with Gasteiger partial charge in [-0.3, -0.25) is 4.79 Å². The third kappa shape index (κ3) is 3.04. The smallest absolute Gasteiger partial charge is 0.309 e. The first-order valence-electron chi connectivity index (χ1n) is 6.24. The number of carboxylic acid groups (broad SMARTS) is 1. The second-order valence-electron chi connectivity index (χ2n) is 4.45. The quantitative estimate of drug-likeness (QED) is 0.795. The molecule has 1 aromatic carbocycles. The highest BCUT2D eigenvalue weighted by molar-refractivity contribution is 7.99. The van der Waals surface area contributed by atoms with Gasteiger partial charge >= 0.3 is 5.97 Å². The van der Waals surface area contributed by atoms with E-state index in [2.05, 4.69) is 5.10 Å². The van der Waals surface area contributed by atoms with E-state index in [1.165, 1.54) is 0 Å². The summed E-state index contributed by atoms with van der Waals surface area (Å²) in [7, 11) is 0. The maximum atomic E-state index is 11.0. The molecular weight excluding hydrogens is 308 g/mol. The lowest BCUT2D eigenvalue weighted by Crippen LogP contribution is -2.04. The van der Waals surface area contributed by atoms with Gasteiger partial charge in [-0.1, -0.05) is 23.4 Å². The third-order valence-corrected chi connectivity index (χ3v) is 4.25. The summed E-state index contributed by atoms with van der Waals surface area (Å²) in [6.45, 7) is 0. The van der Waals surface area contributed by atoms with E-state index in [0.717, 1.165) is 15.3 Å². The lowest BCUT2D eigenvalue weighted by Gasteiger charge is -2.00. The zero-order valence-corrected chi connectivity index (χ0v) is 12.4. The highest BCUT2D eigenvalue weighted by atomic mass is 35.5. The summed E-state index contributed by atoms with van der Waals surface area (Å²) in [6, 6.07) is 13.2. The van der Waals surface area contributed by atoms with Crippen molar-refractivity contribution in [2.75, 3.05) is 0 Å². The largest absolute Gasteiger partial charge is 0.481 e. The van der Waals surface area contributed by atoms with Crippen LogP contribution < -0.4 is 0 Å². The minimum Gasteiger partial charge on any atom is -0.481 e. The molecule has 106 valence electrons.